The van der Waals surface area contributed by atoms with Crippen LogP contribution in [0.3, 0.4) is 0 Å². The molecule has 5 aliphatic heterocycles. The number of carbonyl (C=O) groups is 3. The molecule has 5 heterocycles. The average molecular weight is 1070 g/mol. The lowest BCUT2D eigenvalue weighted by atomic mass is 9.94. The molecule has 4 unspecified atom stereocenters. The van der Waals surface area contributed by atoms with Crippen LogP contribution in [0.5, 0.6) is 0 Å². The van der Waals surface area contributed by atoms with Crippen molar-refractivity contribution in [1.29, 1.82) is 0 Å². The highest BCUT2D eigenvalue weighted by Gasteiger charge is 2.58. The Balaban J connectivity index is 1.40. The fraction of sp³-hybridized carbons (Fsp3) is 0.925. The molecule has 0 aromatic heterocycles. The molecule has 20 N–H and O–H groups in total. The molecule has 0 saturated carbocycles. The van der Waals surface area contributed by atoms with Crippen molar-refractivity contribution in [3.8, 4) is 0 Å². The molecular weight excluding hydrogens is 1000 g/mol. The van der Waals surface area contributed by atoms with Crippen molar-refractivity contribution in [2.24, 2.45) is 0 Å². The second-order valence-electron chi connectivity index (χ2n) is 17.9. The van der Waals surface area contributed by atoms with Crippen LogP contribution in [0.1, 0.15) is 13.8 Å². The van der Waals surface area contributed by atoms with Gasteiger partial charge in [0.2, 0.25) is 11.8 Å². The predicted octanol–water partition coefficient (Wildman–Crippen LogP) is -14.0. The lowest BCUT2D eigenvalue weighted by Crippen LogP contribution is -2.70. The Bertz CT molecular complexity index is 1730. The molecule has 33 heteroatoms. The van der Waals surface area contributed by atoms with Crippen molar-refractivity contribution in [3.63, 3.8) is 0 Å². The molecule has 5 rings (SSSR count). The van der Waals surface area contributed by atoms with Crippen LogP contribution < -0.4 is 10.6 Å². The van der Waals surface area contributed by atoms with Gasteiger partial charge in [-0.2, -0.15) is 0 Å². The summed E-state index contributed by atoms with van der Waals surface area (Å²) in [5.74, 6) is -1.73. The molecule has 5 fully saturated rings. The summed E-state index contributed by atoms with van der Waals surface area (Å²) >= 11 is 0. The molecule has 73 heavy (non-hydrogen) atoms. The highest BCUT2D eigenvalue weighted by atomic mass is 16.8. The molecule has 0 aromatic rings. The Morgan fingerprint density at radius 1 is 0.493 bits per heavy atom. The minimum absolute atomic E-state index is 0.136. The summed E-state index contributed by atoms with van der Waals surface area (Å²) < 4.78 is 57.0. The van der Waals surface area contributed by atoms with Gasteiger partial charge in [-0.15, -0.1) is 0 Å². The van der Waals surface area contributed by atoms with Crippen molar-refractivity contribution >= 4 is 18.1 Å². The fourth-order valence-electron chi connectivity index (χ4n) is 8.88. The molecular formula is C40H68N2O31. The van der Waals surface area contributed by atoms with E-state index in [9.17, 15) is 106 Å². The average Bonchev–Trinajstić information content (AvgIpc) is 3.65. The van der Waals surface area contributed by atoms with Gasteiger partial charge >= 0.3 is 0 Å². The van der Waals surface area contributed by atoms with Crippen LogP contribution in [0, 0.1) is 0 Å². The van der Waals surface area contributed by atoms with Crippen LogP contribution in [-0.4, -0.2) is 327 Å². The summed E-state index contributed by atoms with van der Waals surface area (Å²) in [5.41, 5.74) is 0. The van der Waals surface area contributed by atoms with Gasteiger partial charge in [0.15, 0.2) is 37.7 Å². The second kappa shape index (κ2) is 27.2. The van der Waals surface area contributed by atoms with Gasteiger partial charge in [-0.25, -0.2) is 0 Å². The van der Waals surface area contributed by atoms with E-state index in [-0.39, 0.29) is 6.29 Å². The number of rotatable bonds is 23. The van der Waals surface area contributed by atoms with Crippen LogP contribution in [0.15, 0.2) is 0 Å². The number of aliphatic hydroxyl groups is 18. The van der Waals surface area contributed by atoms with Crippen molar-refractivity contribution in [3.05, 3.63) is 0 Å². The molecule has 5 aliphatic rings. The van der Waals surface area contributed by atoms with E-state index in [0.29, 0.717) is 0 Å². The van der Waals surface area contributed by atoms with Gasteiger partial charge < -0.3 is 155 Å². The van der Waals surface area contributed by atoms with Gasteiger partial charge in [-0.05, 0) is 0 Å². The lowest BCUT2D eigenvalue weighted by Gasteiger charge is -2.50. The fourth-order valence-corrected chi connectivity index (χ4v) is 8.88. The number of nitrogens with one attached hydrogen (secondary N) is 2. The van der Waals surface area contributed by atoms with E-state index in [1.807, 2.05) is 0 Å². The zero-order valence-electron chi connectivity index (χ0n) is 38.9. The maximum absolute atomic E-state index is 12.6. The third-order valence-electron chi connectivity index (χ3n) is 12.8. The van der Waals surface area contributed by atoms with Crippen molar-refractivity contribution in [2.45, 2.75) is 192 Å². The van der Waals surface area contributed by atoms with Crippen LogP contribution in [0.2, 0.25) is 0 Å². The SMILES string of the molecule is CC(=O)N[C@H]1[C@H](O[C@@H]2[C@H](O)[C@H](O[C@@H]([C@H](O)[C@@H](O)C=O)[C@H](O)CO)O[C@H](CO)[C@H]2O)O[C@H](CO)C(O[C@@H]2O[C@H](CO)[C@H](O)C(O[C@@H]3O[C@H](CO)[C@@H](O)C(O[C@@H]4OC([C@H](O)CO)[C@H](O)[C@H]4O)[C@H]3NC(C)=O)[C@H]2O)[C@@H]1O. The van der Waals surface area contributed by atoms with E-state index in [1.54, 1.807) is 0 Å². The monoisotopic (exact) mass is 1070 g/mol. The van der Waals surface area contributed by atoms with E-state index in [1.165, 1.54) is 0 Å². The lowest BCUT2D eigenvalue weighted by molar-refractivity contribution is -0.381. The summed E-state index contributed by atoms with van der Waals surface area (Å²) in [6, 6.07) is -3.56. The Morgan fingerprint density at radius 2 is 0.918 bits per heavy atom. The van der Waals surface area contributed by atoms with E-state index in [0.717, 1.165) is 13.8 Å². The summed E-state index contributed by atoms with van der Waals surface area (Å²) in [5, 5.41) is 195. The number of aliphatic hydroxyl groups excluding tert-OH is 18. The Morgan fingerprint density at radius 3 is 1.41 bits per heavy atom. The van der Waals surface area contributed by atoms with E-state index in [2.05, 4.69) is 10.6 Å². The maximum atomic E-state index is 12.6. The standard InChI is InChI=1S/C40H68N2O31/c1-10(50)41-19-25(59)32(18(9-49)67-36(19)72-34-23(57)16(7-47)65-39(28(34)62)68-30(13(53)4-44)21(55)12(52)3-43)70-40-29(63)35(24(58)17(8-48)66-40)73-37-20(42-11(2)51)33(22(56)15(6-46)64-37)71-38-27(61)26(60)31(69-38)14(54)5-45/h3,12-40,44-49,52-63H,4-9H2,1-2H3,(H,41,50)(H,42,51)/t12-,13+,14+,15+,16+,17+,18+,19+,20+,21+,22+,23+,24-,25+,26+,27+,28-,29+,30+,31?,32?,33?,34-,35?,36-,37-,38-,39-,40-/m0/s1. The van der Waals surface area contributed by atoms with E-state index < -0.39 is 229 Å². The van der Waals surface area contributed by atoms with E-state index in [4.69, 9.17) is 47.4 Å². The first kappa shape index (κ1) is 61.3. The number of hydrogen-bond acceptors (Lipinski definition) is 31. The van der Waals surface area contributed by atoms with Crippen LogP contribution in [0.25, 0.3) is 0 Å². The molecule has 29 atom stereocenters. The number of aldehydes is 1. The summed E-state index contributed by atoms with van der Waals surface area (Å²) in [7, 11) is 0. The molecule has 33 nitrogen and oxygen atoms in total. The number of carbonyl (C=O) groups excluding carboxylic acids is 3. The number of hydrogen-bond donors (Lipinski definition) is 20. The third-order valence-corrected chi connectivity index (χ3v) is 12.8. The number of amides is 2. The maximum Gasteiger partial charge on any atom is 0.217 e. The zero-order valence-corrected chi connectivity index (χ0v) is 38.9. The van der Waals surface area contributed by atoms with Gasteiger partial charge in [-0.1, -0.05) is 0 Å². The van der Waals surface area contributed by atoms with Crippen molar-refractivity contribution in [2.75, 3.05) is 39.6 Å². The summed E-state index contributed by atoms with van der Waals surface area (Å²) in [4.78, 5) is 36.3. The van der Waals surface area contributed by atoms with E-state index >= 15 is 0 Å². The smallest absolute Gasteiger partial charge is 0.217 e. The molecule has 2 amide bonds. The van der Waals surface area contributed by atoms with Gasteiger partial charge in [0.1, 0.15) is 146 Å². The van der Waals surface area contributed by atoms with Crippen LogP contribution in [-0.2, 0) is 61.8 Å². The molecule has 0 bridgehead atoms. The highest BCUT2D eigenvalue weighted by Crippen LogP contribution is 2.37. The summed E-state index contributed by atoms with van der Waals surface area (Å²) in [6.07, 6.45) is -53.2. The highest BCUT2D eigenvalue weighted by molar-refractivity contribution is 5.73. The van der Waals surface area contributed by atoms with Crippen molar-refractivity contribution < 1.29 is 154 Å². The minimum Gasteiger partial charge on any atom is -0.394 e. The molecule has 0 aromatic carbocycles. The molecule has 0 radical (unpaired) electrons. The van der Waals surface area contributed by atoms with Crippen LogP contribution in [0.4, 0.5) is 0 Å². The van der Waals surface area contributed by atoms with Gasteiger partial charge in [0, 0.05) is 13.8 Å². The minimum atomic E-state index is -2.25. The zero-order chi connectivity index (χ0) is 54.3. The quantitative estimate of drug-likeness (QED) is 0.0423. The second-order valence-corrected chi connectivity index (χ2v) is 17.9. The van der Waals surface area contributed by atoms with Gasteiger partial charge in [0.05, 0.1) is 39.6 Å². The Hall–Kier alpha value is -2.51. The Labute approximate surface area is 413 Å². The number of ether oxygens (including phenoxy) is 10. The first-order valence-electron chi connectivity index (χ1n) is 22.9. The Kier molecular flexibility index (Phi) is 22.8. The largest absolute Gasteiger partial charge is 0.394 e. The third kappa shape index (κ3) is 13.8. The predicted molar refractivity (Wildman–Crippen MR) is 224 cm³/mol. The molecule has 0 spiro atoms. The molecule has 424 valence electrons. The molecule has 0 aliphatic carbocycles. The normalized spacial score (nSPS) is 44.4. The van der Waals surface area contributed by atoms with Crippen molar-refractivity contribution in [1.82, 2.24) is 10.6 Å². The van der Waals surface area contributed by atoms with Gasteiger partial charge in [0.25, 0.3) is 0 Å². The van der Waals surface area contributed by atoms with Crippen LogP contribution >= 0.6 is 0 Å². The molecule has 5 saturated heterocycles. The first-order valence-corrected chi connectivity index (χ1v) is 22.9. The van der Waals surface area contributed by atoms with Gasteiger partial charge in [-0.3, -0.25) is 9.59 Å². The summed E-state index contributed by atoms with van der Waals surface area (Å²) in [6.45, 7) is -4.23. The topological polar surface area (TPSA) is 532 Å². The first-order chi connectivity index (χ1) is 34.5.